The van der Waals surface area contributed by atoms with Crippen LogP contribution in [0.25, 0.3) is 0 Å². The van der Waals surface area contributed by atoms with Crippen molar-refractivity contribution in [2.75, 3.05) is 7.11 Å². The van der Waals surface area contributed by atoms with Crippen LogP contribution in [-0.4, -0.2) is 12.2 Å². The molecule has 0 saturated carbocycles. The van der Waals surface area contributed by atoms with E-state index in [0.717, 1.165) is 0 Å². The summed E-state index contributed by atoms with van der Waals surface area (Å²) in [7, 11) is 1.46. The zero-order valence-corrected chi connectivity index (χ0v) is 9.94. The van der Waals surface area contributed by atoms with E-state index in [0.29, 0.717) is 11.3 Å². The number of aliphatic hydroxyl groups is 1. The molecule has 15 heavy (non-hydrogen) atoms. The lowest BCUT2D eigenvalue weighted by molar-refractivity contribution is 0.0752. The molecule has 2 nitrogen and oxygen atoms in total. The van der Waals surface area contributed by atoms with Crippen molar-refractivity contribution in [3.8, 4) is 5.75 Å². The topological polar surface area (TPSA) is 29.5 Å². The monoisotopic (exact) mass is 232 g/mol. The van der Waals surface area contributed by atoms with E-state index in [1.165, 1.54) is 27.0 Å². The molecule has 0 aromatic heterocycles. The van der Waals surface area contributed by atoms with E-state index in [1.807, 2.05) is 0 Å². The fourth-order valence-corrected chi connectivity index (χ4v) is 1.92. The van der Waals surface area contributed by atoms with E-state index in [9.17, 15) is 9.50 Å². The van der Waals surface area contributed by atoms with Crippen molar-refractivity contribution in [2.45, 2.75) is 26.4 Å². The molecular formula is C11H14ClFO2. The van der Waals surface area contributed by atoms with E-state index in [1.54, 1.807) is 6.92 Å². The Balaban J connectivity index is 3.59. The molecular weight excluding hydrogens is 219 g/mol. The van der Waals surface area contributed by atoms with E-state index in [4.69, 9.17) is 16.3 Å². The second-order valence-corrected chi connectivity index (χ2v) is 4.33. The van der Waals surface area contributed by atoms with Gasteiger partial charge in [-0.2, -0.15) is 0 Å². The second-order valence-electron chi connectivity index (χ2n) is 3.96. The summed E-state index contributed by atoms with van der Waals surface area (Å²) < 4.78 is 18.5. The Kier molecular flexibility index (Phi) is 3.26. The van der Waals surface area contributed by atoms with Crippen molar-refractivity contribution < 1.29 is 14.2 Å². The van der Waals surface area contributed by atoms with Crippen molar-refractivity contribution in [3.05, 3.63) is 28.0 Å². The maximum Gasteiger partial charge on any atom is 0.142 e. The summed E-state index contributed by atoms with van der Waals surface area (Å²) in [6.07, 6.45) is 0. The molecule has 0 aliphatic heterocycles. The molecule has 84 valence electrons. The minimum Gasteiger partial charge on any atom is -0.496 e. The average Bonchev–Trinajstić information content (AvgIpc) is 2.08. The molecule has 4 heteroatoms. The summed E-state index contributed by atoms with van der Waals surface area (Å²) in [6.45, 7) is 4.78. The van der Waals surface area contributed by atoms with Gasteiger partial charge in [-0.3, -0.25) is 0 Å². The molecule has 0 atom stereocenters. The molecule has 1 N–H and O–H groups in total. The number of hydrogen-bond acceptors (Lipinski definition) is 2. The van der Waals surface area contributed by atoms with Gasteiger partial charge in [-0.1, -0.05) is 11.6 Å². The van der Waals surface area contributed by atoms with Crippen molar-refractivity contribution >= 4 is 11.6 Å². The first-order chi connectivity index (χ1) is 6.79. The predicted octanol–water partition coefficient (Wildman–Crippen LogP) is 3.02. The zero-order valence-electron chi connectivity index (χ0n) is 9.19. The lowest BCUT2D eigenvalue weighted by atomic mass is 9.95. The Morgan fingerprint density at radius 2 is 2.00 bits per heavy atom. The van der Waals surface area contributed by atoms with Gasteiger partial charge in [0.05, 0.1) is 17.7 Å². The van der Waals surface area contributed by atoms with Gasteiger partial charge in [0.1, 0.15) is 11.6 Å². The van der Waals surface area contributed by atoms with Crippen molar-refractivity contribution in [1.82, 2.24) is 0 Å². The highest BCUT2D eigenvalue weighted by Gasteiger charge is 2.27. The van der Waals surface area contributed by atoms with E-state index in [-0.39, 0.29) is 10.6 Å². The van der Waals surface area contributed by atoms with E-state index < -0.39 is 11.4 Å². The number of hydrogen-bond donors (Lipinski definition) is 1. The summed E-state index contributed by atoms with van der Waals surface area (Å²) in [5.74, 6) is -0.124. The van der Waals surface area contributed by atoms with Crippen LogP contribution in [0.2, 0.25) is 5.02 Å². The van der Waals surface area contributed by atoms with Crippen molar-refractivity contribution in [2.24, 2.45) is 0 Å². The lowest BCUT2D eigenvalue weighted by Gasteiger charge is -2.23. The predicted molar refractivity (Wildman–Crippen MR) is 57.9 cm³/mol. The average molecular weight is 233 g/mol. The van der Waals surface area contributed by atoms with Crippen molar-refractivity contribution in [3.63, 3.8) is 0 Å². The van der Waals surface area contributed by atoms with Gasteiger partial charge in [-0.05, 0) is 32.4 Å². The molecule has 0 unspecified atom stereocenters. The van der Waals surface area contributed by atoms with Crippen LogP contribution < -0.4 is 4.74 Å². The third-order valence-electron chi connectivity index (χ3n) is 2.17. The zero-order chi connectivity index (χ0) is 11.8. The molecule has 0 radical (unpaired) electrons. The third kappa shape index (κ3) is 2.24. The Labute approximate surface area is 93.6 Å². The maximum absolute atomic E-state index is 13.4. The quantitative estimate of drug-likeness (QED) is 0.850. The summed E-state index contributed by atoms with van der Waals surface area (Å²) in [4.78, 5) is 0. The SMILES string of the molecule is COc1c(C)cc(F)c(Cl)c1C(C)(C)O. The van der Waals surface area contributed by atoms with Crippen LogP contribution in [0.1, 0.15) is 25.0 Å². The maximum atomic E-state index is 13.4. The Bertz CT molecular complexity index is 383. The third-order valence-corrected chi connectivity index (χ3v) is 2.54. The Morgan fingerprint density at radius 3 is 2.40 bits per heavy atom. The standard InChI is InChI=1S/C11H14ClFO2/c1-6-5-7(13)9(12)8(10(6)15-4)11(2,3)14/h5,14H,1-4H3. The summed E-state index contributed by atoms with van der Waals surface area (Å²) >= 11 is 5.82. The molecule has 0 saturated heterocycles. The number of methoxy groups -OCH3 is 1. The molecule has 1 aromatic carbocycles. The molecule has 0 aliphatic carbocycles. The molecule has 0 bridgehead atoms. The van der Waals surface area contributed by atoms with Crippen LogP contribution in [0, 0.1) is 12.7 Å². The second kappa shape index (κ2) is 3.99. The normalized spacial score (nSPS) is 11.7. The fourth-order valence-electron chi connectivity index (χ4n) is 1.54. The van der Waals surface area contributed by atoms with Crippen LogP contribution in [-0.2, 0) is 5.60 Å². The van der Waals surface area contributed by atoms with Crippen LogP contribution in [0.15, 0.2) is 6.07 Å². The summed E-state index contributed by atoms with van der Waals surface area (Å²) in [6, 6.07) is 1.29. The molecule has 0 amide bonds. The number of halogens is 2. The number of rotatable bonds is 2. The van der Waals surface area contributed by atoms with Crippen LogP contribution in [0.4, 0.5) is 4.39 Å². The molecule has 0 aliphatic rings. The largest absolute Gasteiger partial charge is 0.496 e. The van der Waals surface area contributed by atoms with Gasteiger partial charge in [-0.15, -0.1) is 0 Å². The Morgan fingerprint density at radius 1 is 1.47 bits per heavy atom. The van der Waals surface area contributed by atoms with Gasteiger partial charge in [0.25, 0.3) is 0 Å². The van der Waals surface area contributed by atoms with Gasteiger partial charge < -0.3 is 9.84 Å². The highest BCUT2D eigenvalue weighted by atomic mass is 35.5. The number of ether oxygens (including phenoxy) is 1. The van der Waals surface area contributed by atoms with Crippen molar-refractivity contribution in [1.29, 1.82) is 0 Å². The highest BCUT2D eigenvalue weighted by Crippen LogP contribution is 2.39. The molecule has 0 heterocycles. The summed E-state index contributed by atoms with van der Waals surface area (Å²) in [5, 5.41) is 9.81. The minimum atomic E-state index is -1.24. The van der Waals surface area contributed by atoms with Crippen LogP contribution in [0.3, 0.4) is 0 Å². The first kappa shape index (κ1) is 12.3. The molecule has 0 fully saturated rings. The summed E-state index contributed by atoms with van der Waals surface area (Å²) in [5.41, 5.74) is -0.351. The molecule has 0 spiro atoms. The first-order valence-electron chi connectivity index (χ1n) is 4.54. The van der Waals surface area contributed by atoms with Gasteiger partial charge in [-0.25, -0.2) is 4.39 Å². The van der Waals surface area contributed by atoms with Crippen LogP contribution in [0.5, 0.6) is 5.75 Å². The smallest absolute Gasteiger partial charge is 0.142 e. The van der Waals surface area contributed by atoms with Gasteiger partial charge >= 0.3 is 0 Å². The minimum absolute atomic E-state index is 0.0926. The molecule has 1 aromatic rings. The van der Waals surface area contributed by atoms with E-state index in [2.05, 4.69) is 0 Å². The highest BCUT2D eigenvalue weighted by molar-refractivity contribution is 6.31. The fraction of sp³-hybridized carbons (Fsp3) is 0.455. The first-order valence-corrected chi connectivity index (χ1v) is 4.92. The lowest BCUT2D eigenvalue weighted by Crippen LogP contribution is -2.18. The van der Waals surface area contributed by atoms with Gasteiger partial charge in [0, 0.05) is 5.56 Å². The van der Waals surface area contributed by atoms with Gasteiger partial charge in [0.2, 0.25) is 0 Å². The number of aryl methyl sites for hydroxylation is 1. The Hall–Kier alpha value is -0.800. The van der Waals surface area contributed by atoms with Crippen LogP contribution >= 0.6 is 11.6 Å². The molecule has 1 rings (SSSR count). The van der Waals surface area contributed by atoms with E-state index >= 15 is 0 Å². The van der Waals surface area contributed by atoms with Gasteiger partial charge in [0.15, 0.2) is 0 Å². The number of benzene rings is 1.